The second-order valence-electron chi connectivity index (χ2n) is 32.6. The molecule has 0 aromatic heterocycles. The average Bonchev–Trinajstić information content (AvgIpc) is 1.55. The highest BCUT2D eigenvalue weighted by molar-refractivity contribution is 5.76. The monoisotopic (exact) mass is 1530 g/mol. The van der Waals surface area contributed by atoms with Gasteiger partial charge in [0.05, 0.1) is 95.5 Å². The summed E-state index contributed by atoms with van der Waals surface area (Å²) in [6, 6.07) is 0.294. The van der Waals surface area contributed by atoms with E-state index in [1.54, 1.807) is 21.3 Å². The summed E-state index contributed by atoms with van der Waals surface area (Å²) in [5, 5.41) is 5.56. The van der Waals surface area contributed by atoms with Gasteiger partial charge in [0.2, 0.25) is 11.8 Å². The minimum absolute atomic E-state index is 0.0739. The number of amides is 2. The van der Waals surface area contributed by atoms with Crippen LogP contribution in [0.2, 0.25) is 0 Å². The molecule has 10 rings (SSSR count). The highest BCUT2D eigenvalue weighted by atomic mass is 16.7. The number of hydrogen-bond donors (Lipinski definition) is 3. The van der Waals surface area contributed by atoms with E-state index in [1.807, 2.05) is 27.7 Å². The van der Waals surface area contributed by atoms with Crippen LogP contribution in [-0.2, 0) is 99.8 Å². The molecule has 622 valence electrons. The van der Waals surface area contributed by atoms with E-state index in [1.165, 1.54) is 16.7 Å². The van der Waals surface area contributed by atoms with Crippen LogP contribution in [0.5, 0.6) is 0 Å². The molecule has 4 saturated carbocycles. The maximum Gasteiger partial charge on any atom is 0.306 e. The number of carbonyl (C=O) groups is 5. The zero-order valence-corrected chi connectivity index (χ0v) is 69.7. The normalized spacial score (nSPS) is 34.7. The Labute approximate surface area is 648 Å². The number of epoxide rings is 6. The van der Waals surface area contributed by atoms with Gasteiger partial charge in [-0.15, -0.1) is 0 Å². The Morgan fingerprint density at radius 1 is 0.426 bits per heavy atom. The fraction of sp³-hybridized carbons (Fsp3) is 0.869. The van der Waals surface area contributed by atoms with Gasteiger partial charge in [0.1, 0.15) is 70.2 Å². The number of methoxy groups -OCH3 is 3. The second kappa shape index (κ2) is 45.2. The number of ether oxygens (including phenoxy) is 16. The summed E-state index contributed by atoms with van der Waals surface area (Å²) < 4.78 is 92.2. The van der Waals surface area contributed by atoms with Crippen LogP contribution in [0.1, 0.15) is 245 Å². The summed E-state index contributed by atoms with van der Waals surface area (Å²) in [6.07, 6.45) is 24.0. The van der Waals surface area contributed by atoms with Crippen molar-refractivity contribution in [1.29, 1.82) is 0 Å². The van der Waals surface area contributed by atoms with Crippen LogP contribution in [0, 0.1) is 23.7 Å². The lowest BCUT2D eigenvalue weighted by atomic mass is 9.68. The van der Waals surface area contributed by atoms with Crippen molar-refractivity contribution >= 4 is 29.7 Å². The average molecular weight is 1530 g/mol. The van der Waals surface area contributed by atoms with Crippen LogP contribution in [-0.4, -0.2) is 231 Å². The maximum absolute atomic E-state index is 12.7. The molecule has 6 aliphatic heterocycles. The minimum atomic E-state index is -0.298. The SMILES string of the molecule is CCC(=O)OC1CC[C@]2(CO2)C([C@]2(C)O[C@@H]2CC=C(C)C)C1OC.CCC(=O)OC1CC[C@]2(CO2)C([C@]2(C)O[C@@H]2CC=C(C)C)C1OC.CCCOCCOCCNC(=O)CCC.CCCOCCOCCNC(=O)CCC.COC1C(OC(=O)CC2CCC(N)CC2)CC[C@]2(CO2)C1[C@]1(C)O[C@@H]1CC=C(C)C. The molecular formula is C84H145N3O21. The molecular weight excluding hydrogens is 1390 g/mol. The van der Waals surface area contributed by atoms with Crippen LogP contribution in [0.25, 0.3) is 0 Å². The quantitative estimate of drug-likeness (QED) is 0.0169. The van der Waals surface area contributed by atoms with Crippen LogP contribution in [0.15, 0.2) is 34.9 Å². The van der Waals surface area contributed by atoms with E-state index in [0.717, 1.165) is 142 Å². The molecule has 6 saturated heterocycles. The smallest absolute Gasteiger partial charge is 0.306 e. The molecule has 24 heteroatoms. The molecule has 9 unspecified atom stereocenters. The third-order valence-electron chi connectivity index (χ3n) is 23.0. The zero-order valence-electron chi connectivity index (χ0n) is 69.7. The molecule has 0 bridgehead atoms. The molecule has 0 aromatic carbocycles. The number of esters is 3. The van der Waals surface area contributed by atoms with Crippen molar-refractivity contribution < 1.29 is 99.8 Å². The lowest BCUT2D eigenvalue weighted by Crippen LogP contribution is -2.55. The topological polar surface area (TPSA) is 303 Å². The van der Waals surface area contributed by atoms with Crippen molar-refractivity contribution in [3.63, 3.8) is 0 Å². The predicted octanol–water partition coefficient (Wildman–Crippen LogP) is 12.2. The largest absolute Gasteiger partial charge is 0.460 e. The highest BCUT2D eigenvalue weighted by Gasteiger charge is 2.75. The third kappa shape index (κ3) is 27.9. The van der Waals surface area contributed by atoms with Gasteiger partial charge in [-0.05, 0) is 177 Å². The Morgan fingerprint density at radius 2 is 0.731 bits per heavy atom. The summed E-state index contributed by atoms with van der Waals surface area (Å²) in [5.74, 6) is 0.415. The van der Waals surface area contributed by atoms with Crippen molar-refractivity contribution in [1.82, 2.24) is 10.6 Å². The van der Waals surface area contributed by atoms with E-state index in [9.17, 15) is 24.0 Å². The van der Waals surface area contributed by atoms with E-state index in [0.29, 0.717) is 96.8 Å². The maximum atomic E-state index is 12.7. The molecule has 10 aliphatic rings. The summed E-state index contributed by atoms with van der Waals surface area (Å²) >= 11 is 0. The van der Waals surface area contributed by atoms with Crippen molar-refractivity contribution in [3.05, 3.63) is 34.9 Å². The highest BCUT2D eigenvalue weighted by Crippen LogP contribution is 2.62. The van der Waals surface area contributed by atoms with Crippen LogP contribution in [0.4, 0.5) is 0 Å². The van der Waals surface area contributed by atoms with Gasteiger partial charge in [0, 0.05) is 85.8 Å². The molecule has 6 heterocycles. The summed E-state index contributed by atoms with van der Waals surface area (Å²) in [5.41, 5.74) is 8.53. The first kappa shape index (κ1) is 92.9. The van der Waals surface area contributed by atoms with Gasteiger partial charge in [-0.2, -0.15) is 0 Å². The molecule has 24 nitrogen and oxygen atoms in total. The number of hydrogen-bond acceptors (Lipinski definition) is 22. The van der Waals surface area contributed by atoms with Crippen molar-refractivity contribution in [2.24, 2.45) is 29.4 Å². The van der Waals surface area contributed by atoms with Gasteiger partial charge < -0.3 is 92.2 Å². The molecule has 0 aromatic rings. The van der Waals surface area contributed by atoms with Gasteiger partial charge >= 0.3 is 17.9 Å². The van der Waals surface area contributed by atoms with Crippen LogP contribution < -0.4 is 16.4 Å². The third-order valence-corrected chi connectivity index (χ3v) is 23.0. The van der Waals surface area contributed by atoms with E-state index in [-0.39, 0.29) is 136 Å². The zero-order chi connectivity index (χ0) is 79.3. The Morgan fingerprint density at radius 3 is 1.00 bits per heavy atom. The van der Waals surface area contributed by atoms with Gasteiger partial charge in [0.25, 0.3) is 0 Å². The van der Waals surface area contributed by atoms with E-state index >= 15 is 0 Å². The Kier molecular flexibility index (Phi) is 38.9. The summed E-state index contributed by atoms with van der Waals surface area (Å²) in [4.78, 5) is 58.4. The van der Waals surface area contributed by atoms with Gasteiger partial charge in [-0.3, -0.25) is 24.0 Å². The predicted molar refractivity (Wildman–Crippen MR) is 413 cm³/mol. The fourth-order valence-corrected chi connectivity index (χ4v) is 16.6. The standard InChI is InChI=1S/C24H39NO5.2C19H30O5.2C11H23NO3/c1-15(2)5-10-19-23(3,30-19)22-21(27-4)18(11-12-24(22)14-28-24)29-20(26)13-16-6-8-17(25)9-7-16;2*1-6-15(20)23-13-9-10-19(11-22-19)17(16(13)21-5)18(4)14(24-18)8-7-12(2)3;2*1-3-5-11(13)12-6-8-15-10-9-14-7-4-2/h5,16-19,21-22H,6-14,25H2,1-4H3;2*7,13-14,16-17H,6,8-11H2,1-5H3;2*3-10H2,1-2H3,(H,12,13)/t16?,17?,18?,19-,21?,22?,23-,24+;2*13?,14-,16?,17?,18-,19+;;/m111../s1. The van der Waals surface area contributed by atoms with E-state index in [4.69, 9.17) is 81.5 Å². The first-order valence-corrected chi connectivity index (χ1v) is 41.2. The first-order chi connectivity index (χ1) is 51.6. The molecule has 3 spiro atoms. The number of rotatable bonds is 39. The molecule has 4 aliphatic carbocycles. The second-order valence-corrected chi connectivity index (χ2v) is 32.6. The first-order valence-electron chi connectivity index (χ1n) is 41.2. The molecule has 108 heavy (non-hydrogen) atoms. The van der Waals surface area contributed by atoms with Crippen molar-refractivity contribution in [2.75, 3.05) is 107 Å². The lowest BCUT2D eigenvalue weighted by Gasteiger charge is -2.42. The number of nitrogens with one attached hydrogen (secondary N) is 2. The Hall–Kier alpha value is -3.99. The summed E-state index contributed by atoms with van der Waals surface area (Å²) in [7, 11) is 5.12. The van der Waals surface area contributed by atoms with Crippen LogP contribution in [0.3, 0.4) is 0 Å². The van der Waals surface area contributed by atoms with Gasteiger partial charge in [0.15, 0.2) is 0 Å². The van der Waals surface area contributed by atoms with Gasteiger partial charge in [-0.25, -0.2) is 0 Å². The van der Waals surface area contributed by atoms with Crippen molar-refractivity contribution in [3.8, 4) is 0 Å². The van der Waals surface area contributed by atoms with E-state index < -0.39 is 0 Å². The molecule has 4 N–H and O–H groups in total. The van der Waals surface area contributed by atoms with Crippen molar-refractivity contribution in [2.45, 2.75) is 340 Å². The molecule has 2 amide bonds. The Balaban J connectivity index is 0.000000217. The summed E-state index contributed by atoms with van der Waals surface area (Å²) in [6.45, 7) is 39.5. The van der Waals surface area contributed by atoms with Crippen LogP contribution >= 0.6 is 0 Å². The molecule has 10 fully saturated rings. The lowest BCUT2D eigenvalue weighted by molar-refractivity contribution is -0.173. The van der Waals surface area contributed by atoms with Gasteiger partial charge in [-0.1, -0.05) is 76.5 Å². The minimum Gasteiger partial charge on any atom is -0.460 e. The van der Waals surface area contributed by atoms with E-state index in [2.05, 4.69) is 105 Å². The molecule has 0 radical (unpaired) electrons. The number of allylic oxidation sites excluding steroid dienone is 3. The number of nitrogens with two attached hydrogens (primary N) is 1. The Bertz CT molecular complexity index is 2680. The molecule has 18 atom stereocenters. The number of carbonyl (C=O) groups excluding carboxylic acids is 5. The fourth-order valence-electron chi connectivity index (χ4n) is 16.6.